The monoisotopic (exact) mass is 612 g/mol. The number of anilines is 1. The Bertz CT molecular complexity index is 1300. The van der Waals surface area contributed by atoms with Crippen molar-refractivity contribution >= 4 is 61.9 Å². The number of hydrogen-bond acceptors (Lipinski definition) is 6. The van der Waals surface area contributed by atoms with Gasteiger partial charge in [-0.15, -0.1) is 18.3 Å². The molecule has 7 nitrogen and oxygen atoms in total. The number of halogens is 1. The van der Waals surface area contributed by atoms with Gasteiger partial charge in [-0.25, -0.2) is 0 Å². The Kier molecular flexibility index (Phi) is 8.21. The maximum Gasteiger partial charge on any atom is 0.311 e. The van der Waals surface area contributed by atoms with Crippen LogP contribution in [0.15, 0.2) is 67.8 Å². The molecular weight excluding hydrogens is 580 g/mol. The number of carbonyl (C=O) groups is 3. The van der Waals surface area contributed by atoms with Crippen molar-refractivity contribution in [2.24, 2.45) is 11.8 Å². The molecule has 2 amide bonds. The quantitative estimate of drug-likeness (QED) is 0.176. The van der Waals surface area contributed by atoms with E-state index in [1.807, 2.05) is 42.5 Å². The van der Waals surface area contributed by atoms with E-state index in [1.165, 1.54) is 6.08 Å². The van der Waals surface area contributed by atoms with Crippen molar-refractivity contribution in [2.45, 2.75) is 40.1 Å². The van der Waals surface area contributed by atoms with E-state index < -0.39 is 28.6 Å². The third kappa shape index (κ3) is 4.72. The average molecular weight is 614 g/mol. The fourth-order valence-corrected chi connectivity index (χ4v) is 10.1. The fourth-order valence-electron chi connectivity index (χ4n) is 6.49. The van der Waals surface area contributed by atoms with Gasteiger partial charge in [-0.1, -0.05) is 65.0 Å². The van der Waals surface area contributed by atoms with E-state index in [2.05, 4.69) is 29.1 Å². The van der Waals surface area contributed by atoms with Crippen LogP contribution >= 0.6 is 27.7 Å². The number of hydrogen-bond donors (Lipinski definition) is 1. The van der Waals surface area contributed by atoms with Gasteiger partial charge < -0.3 is 19.6 Å². The Labute approximate surface area is 241 Å². The fraction of sp³-hybridized carbons (Fsp3) is 0.433. The largest absolute Gasteiger partial charge is 0.461 e. The number of benzene rings is 2. The van der Waals surface area contributed by atoms with Crippen LogP contribution in [0.1, 0.15) is 19.3 Å². The van der Waals surface area contributed by atoms with Crippen LogP contribution in [0.5, 0.6) is 0 Å². The van der Waals surface area contributed by atoms with Crippen LogP contribution in [0.4, 0.5) is 5.69 Å². The van der Waals surface area contributed by atoms with E-state index in [-0.39, 0.29) is 41.6 Å². The lowest BCUT2D eigenvalue weighted by Gasteiger charge is -2.38. The van der Waals surface area contributed by atoms with Crippen LogP contribution < -0.4 is 4.90 Å². The summed E-state index contributed by atoms with van der Waals surface area (Å²) in [5.41, 5.74) is 0.732. The van der Waals surface area contributed by atoms with E-state index in [4.69, 9.17) is 4.74 Å². The molecule has 2 aromatic rings. The lowest BCUT2D eigenvalue weighted by atomic mass is 9.71. The molecule has 206 valence electrons. The SMILES string of the molecule is C=CCOC(=O)[C@H]1[C@H]2C(=O)N(CCCCO)C(C(=O)N(CC=C)c3ccc4ccccc4c3)C23CC(Br)[C@@H]1S3. The van der Waals surface area contributed by atoms with Gasteiger partial charge in [-0.3, -0.25) is 14.4 Å². The molecule has 2 bridgehead atoms. The van der Waals surface area contributed by atoms with Gasteiger partial charge in [0, 0.05) is 35.5 Å². The standard InChI is InChI=1S/C30H33BrN2O5S/c1-3-13-32(21-12-11-19-9-5-6-10-20(19)17-21)28(36)26-30-18-22(31)25(39-30)23(29(37)38-16-4-2)24(30)27(35)33(26)14-7-8-15-34/h3-6,9-12,17,22-26,34H,1-2,7-8,13-16,18H2/t22?,23-,24-,25-,26?,30?/m0/s1. The molecule has 3 heterocycles. The van der Waals surface area contributed by atoms with E-state index in [0.717, 1.165) is 16.5 Å². The smallest absolute Gasteiger partial charge is 0.311 e. The van der Waals surface area contributed by atoms with Gasteiger partial charge >= 0.3 is 5.97 Å². The summed E-state index contributed by atoms with van der Waals surface area (Å²) < 4.78 is 4.69. The normalized spacial score (nSPS) is 28.9. The van der Waals surface area contributed by atoms with Gasteiger partial charge in [0.1, 0.15) is 12.6 Å². The summed E-state index contributed by atoms with van der Waals surface area (Å²) in [7, 11) is 0. The Morgan fingerprint density at radius 1 is 1.18 bits per heavy atom. The second-order valence-corrected chi connectivity index (χ2v) is 13.0. The molecule has 6 atom stereocenters. The molecular formula is C30H33BrN2O5S. The van der Waals surface area contributed by atoms with Crippen molar-refractivity contribution in [1.82, 2.24) is 4.90 Å². The molecule has 3 aliphatic rings. The number of thioether (sulfide) groups is 1. The highest BCUT2D eigenvalue weighted by Crippen LogP contribution is 2.68. The molecule has 3 aliphatic heterocycles. The molecule has 5 rings (SSSR count). The number of alkyl halides is 1. The van der Waals surface area contributed by atoms with Gasteiger partial charge in [-0.2, -0.15) is 0 Å². The maximum atomic E-state index is 14.6. The summed E-state index contributed by atoms with van der Waals surface area (Å²) in [6.07, 6.45) is 4.88. The third-order valence-electron chi connectivity index (χ3n) is 8.07. The van der Waals surface area contributed by atoms with Crippen molar-refractivity contribution in [3.63, 3.8) is 0 Å². The van der Waals surface area contributed by atoms with Gasteiger partial charge in [0.05, 0.1) is 16.6 Å². The topological polar surface area (TPSA) is 87.1 Å². The minimum atomic E-state index is -0.764. The first-order valence-electron chi connectivity index (χ1n) is 13.3. The summed E-state index contributed by atoms with van der Waals surface area (Å²) in [5.74, 6) is -2.08. The Balaban J connectivity index is 1.56. The molecule has 0 saturated carbocycles. The highest BCUT2D eigenvalue weighted by Gasteiger charge is 2.76. The van der Waals surface area contributed by atoms with E-state index in [1.54, 1.807) is 27.6 Å². The summed E-state index contributed by atoms with van der Waals surface area (Å²) in [6, 6.07) is 13.1. The molecule has 0 aliphatic carbocycles. The van der Waals surface area contributed by atoms with Crippen molar-refractivity contribution in [3.05, 3.63) is 67.8 Å². The summed E-state index contributed by atoms with van der Waals surface area (Å²) in [6.45, 7) is 8.22. The molecule has 0 radical (unpaired) electrons. The first-order valence-corrected chi connectivity index (χ1v) is 15.1. The summed E-state index contributed by atoms with van der Waals surface area (Å²) in [4.78, 5) is 45.3. The molecule has 3 unspecified atom stereocenters. The zero-order chi connectivity index (χ0) is 27.7. The predicted molar refractivity (Wildman–Crippen MR) is 158 cm³/mol. The number of fused-ring (bicyclic) bond motifs is 2. The number of rotatable bonds is 11. The number of esters is 1. The van der Waals surface area contributed by atoms with Crippen LogP contribution in [-0.4, -0.2) is 75.0 Å². The Hall–Kier alpha value is -2.62. The highest BCUT2D eigenvalue weighted by molar-refractivity contribution is 9.09. The van der Waals surface area contributed by atoms with Gasteiger partial charge in [0.25, 0.3) is 5.91 Å². The number of unbranched alkanes of at least 4 members (excludes halogenated alkanes) is 1. The number of nitrogens with zero attached hydrogens (tertiary/aromatic N) is 2. The highest BCUT2D eigenvalue weighted by atomic mass is 79.9. The second-order valence-electron chi connectivity index (χ2n) is 10.3. The Morgan fingerprint density at radius 3 is 2.67 bits per heavy atom. The predicted octanol–water partition coefficient (Wildman–Crippen LogP) is 4.33. The first kappa shape index (κ1) is 27.9. The number of carbonyl (C=O) groups excluding carboxylic acids is 3. The van der Waals surface area contributed by atoms with E-state index in [9.17, 15) is 19.5 Å². The minimum Gasteiger partial charge on any atom is -0.461 e. The molecule has 39 heavy (non-hydrogen) atoms. The molecule has 2 aromatic carbocycles. The number of ether oxygens (including phenoxy) is 1. The number of likely N-dealkylation sites (tertiary alicyclic amines) is 1. The molecule has 9 heteroatoms. The number of amides is 2. The third-order valence-corrected chi connectivity index (χ3v) is 11.3. The molecule has 1 spiro atoms. The molecule has 3 saturated heterocycles. The second kappa shape index (κ2) is 11.5. The van der Waals surface area contributed by atoms with Crippen LogP contribution in [0.25, 0.3) is 10.8 Å². The zero-order valence-corrected chi connectivity index (χ0v) is 24.1. The lowest BCUT2D eigenvalue weighted by molar-refractivity contribution is -0.153. The van der Waals surface area contributed by atoms with Crippen molar-refractivity contribution in [1.29, 1.82) is 0 Å². The van der Waals surface area contributed by atoms with Crippen LogP contribution in [0.2, 0.25) is 0 Å². The number of aliphatic hydroxyl groups excluding tert-OH is 1. The average Bonchev–Trinajstić information content (AvgIpc) is 3.53. The van der Waals surface area contributed by atoms with Crippen LogP contribution in [-0.2, 0) is 19.1 Å². The zero-order valence-electron chi connectivity index (χ0n) is 21.7. The van der Waals surface area contributed by atoms with E-state index in [0.29, 0.717) is 25.8 Å². The maximum absolute atomic E-state index is 14.6. The van der Waals surface area contributed by atoms with Crippen LogP contribution in [0.3, 0.4) is 0 Å². The van der Waals surface area contributed by atoms with E-state index >= 15 is 0 Å². The van der Waals surface area contributed by atoms with Gasteiger partial charge in [0.2, 0.25) is 5.91 Å². The van der Waals surface area contributed by atoms with Crippen molar-refractivity contribution in [2.75, 3.05) is 31.2 Å². The molecule has 0 aromatic heterocycles. The van der Waals surface area contributed by atoms with Crippen LogP contribution in [0, 0.1) is 11.8 Å². The first-order chi connectivity index (χ1) is 18.9. The minimum absolute atomic E-state index is 0.00565. The molecule has 1 N–H and O–H groups in total. The van der Waals surface area contributed by atoms with Crippen molar-refractivity contribution in [3.8, 4) is 0 Å². The van der Waals surface area contributed by atoms with Crippen molar-refractivity contribution < 1.29 is 24.2 Å². The molecule has 3 fully saturated rings. The van der Waals surface area contributed by atoms with Gasteiger partial charge in [-0.05, 0) is 42.2 Å². The Morgan fingerprint density at radius 2 is 1.95 bits per heavy atom. The summed E-state index contributed by atoms with van der Waals surface area (Å²) >= 11 is 5.36. The lowest BCUT2D eigenvalue weighted by Crippen LogP contribution is -2.55. The summed E-state index contributed by atoms with van der Waals surface area (Å²) in [5, 5.41) is 11.3. The number of aliphatic hydroxyl groups is 1. The van der Waals surface area contributed by atoms with Gasteiger partial charge in [0.15, 0.2) is 0 Å².